The van der Waals surface area contributed by atoms with Crippen LogP contribution in [0.4, 0.5) is 0 Å². The number of nitrogens with one attached hydrogen (secondary N) is 1. The van der Waals surface area contributed by atoms with Crippen molar-refractivity contribution in [1.82, 2.24) is 5.32 Å². The zero-order valence-electron chi connectivity index (χ0n) is 8.54. The van der Waals surface area contributed by atoms with Gasteiger partial charge in [-0.05, 0) is 44.8 Å². The summed E-state index contributed by atoms with van der Waals surface area (Å²) in [5.41, 5.74) is 0. The fraction of sp³-hybridized carbons (Fsp3) is 0.333. The zero-order chi connectivity index (χ0) is 12.3. The smallest absolute Gasteiger partial charge is 0.328 e. The van der Waals surface area contributed by atoms with Gasteiger partial charge in [0, 0.05) is 4.47 Å². The fourth-order valence-corrected chi connectivity index (χ4v) is 2.90. The number of hydrogen-bond acceptors (Lipinski definition) is 4. The molecule has 0 fully saturated rings. The van der Waals surface area contributed by atoms with Gasteiger partial charge in [-0.3, -0.25) is 4.79 Å². The molecule has 1 heterocycles. The molecule has 1 amide bonds. The van der Waals surface area contributed by atoms with Gasteiger partial charge in [0.15, 0.2) is 0 Å². The molecule has 1 N–H and O–H groups in total. The zero-order valence-corrected chi connectivity index (χ0v) is 12.5. The summed E-state index contributed by atoms with van der Waals surface area (Å²) >= 11 is 7.87. The van der Waals surface area contributed by atoms with E-state index in [9.17, 15) is 9.59 Å². The van der Waals surface area contributed by atoms with Gasteiger partial charge in [-0.25, -0.2) is 4.79 Å². The Morgan fingerprint density at radius 3 is 2.56 bits per heavy atom. The highest BCUT2D eigenvalue weighted by molar-refractivity contribution is 9.13. The average molecular weight is 371 g/mol. The maximum absolute atomic E-state index is 11.7. The van der Waals surface area contributed by atoms with E-state index < -0.39 is 12.0 Å². The van der Waals surface area contributed by atoms with E-state index >= 15 is 0 Å². The summed E-state index contributed by atoms with van der Waals surface area (Å²) in [6.07, 6.45) is 0. The third-order valence-corrected chi connectivity index (χ3v) is 5.03. The van der Waals surface area contributed by atoms with Crippen molar-refractivity contribution in [2.45, 2.75) is 13.0 Å². The summed E-state index contributed by atoms with van der Waals surface area (Å²) < 4.78 is 6.16. The van der Waals surface area contributed by atoms with Crippen molar-refractivity contribution < 1.29 is 14.3 Å². The van der Waals surface area contributed by atoms with Gasteiger partial charge in [-0.15, -0.1) is 11.3 Å². The van der Waals surface area contributed by atoms with Crippen LogP contribution in [-0.4, -0.2) is 25.0 Å². The van der Waals surface area contributed by atoms with Crippen molar-refractivity contribution in [3.8, 4) is 0 Å². The van der Waals surface area contributed by atoms with E-state index in [-0.39, 0.29) is 5.91 Å². The average Bonchev–Trinajstić information content (AvgIpc) is 2.58. The molecule has 88 valence electrons. The first-order valence-corrected chi connectivity index (χ1v) is 6.69. The van der Waals surface area contributed by atoms with Crippen LogP contribution in [-0.2, 0) is 9.53 Å². The Hall–Kier alpha value is -0.400. The Balaban J connectivity index is 2.69. The van der Waals surface area contributed by atoms with Gasteiger partial charge in [-0.2, -0.15) is 0 Å². The first-order chi connectivity index (χ1) is 7.45. The number of ether oxygens (including phenoxy) is 1. The second-order valence-electron chi connectivity index (χ2n) is 2.95. The van der Waals surface area contributed by atoms with Crippen molar-refractivity contribution >= 4 is 55.1 Å². The van der Waals surface area contributed by atoms with Gasteiger partial charge in [0.25, 0.3) is 5.91 Å². The number of carbonyl (C=O) groups is 2. The molecule has 0 aliphatic rings. The SMILES string of the molecule is COC(=O)[C@H](C)NC(=O)c1cc(Br)c(Br)s1. The van der Waals surface area contributed by atoms with E-state index in [1.807, 2.05) is 0 Å². The Morgan fingerprint density at radius 1 is 1.50 bits per heavy atom. The molecule has 0 bridgehead atoms. The van der Waals surface area contributed by atoms with Crippen LogP contribution in [0.3, 0.4) is 0 Å². The van der Waals surface area contributed by atoms with E-state index in [2.05, 4.69) is 41.9 Å². The second kappa shape index (κ2) is 5.79. The number of methoxy groups -OCH3 is 1. The van der Waals surface area contributed by atoms with Gasteiger partial charge in [-0.1, -0.05) is 0 Å². The first kappa shape index (κ1) is 13.7. The Morgan fingerprint density at radius 2 is 2.12 bits per heavy atom. The largest absolute Gasteiger partial charge is 0.467 e. The van der Waals surface area contributed by atoms with E-state index in [0.29, 0.717) is 4.88 Å². The van der Waals surface area contributed by atoms with Crippen molar-refractivity contribution in [3.05, 3.63) is 19.2 Å². The topological polar surface area (TPSA) is 55.4 Å². The van der Waals surface area contributed by atoms with Gasteiger partial charge in [0.2, 0.25) is 0 Å². The van der Waals surface area contributed by atoms with E-state index in [1.165, 1.54) is 18.4 Å². The molecule has 0 unspecified atom stereocenters. The monoisotopic (exact) mass is 369 g/mol. The number of amides is 1. The van der Waals surface area contributed by atoms with Crippen LogP contribution in [0.1, 0.15) is 16.6 Å². The highest BCUT2D eigenvalue weighted by atomic mass is 79.9. The lowest BCUT2D eigenvalue weighted by Gasteiger charge is -2.10. The van der Waals surface area contributed by atoms with Crippen LogP contribution in [0.25, 0.3) is 0 Å². The summed E-state index contributed by atoms with van der Waals surface area (Å²) in [6, 6.07) is 1.03. The number of carbonyl (C=O) groups excluding carboxylic acids is 2. The molecule has 0 saturated heterocycles. The van der Waals surface area contributed by atoms with Crippen molar-refractivity contribution in [2.75, 3.05) is 7.11 Å². The van der Waals surface area contributed by atoms with Gasteiger partial charge in [0.05, 0.1) is 15.8 Å². The molecular weight excluding hydrogens is 362 g/mol. The highest BCUT2D eigenvalue weighted by Gasteiger charge is 2.18. The third-order valence-electron chi connectivity index (χ3n) is 1.77. The highest BCUT2D eigenvalue weighted by Crippen LogP contribution is 2.32. The number of rotatable bonds is 3. The third kappa shape index (κ3) is 3.29. The molecule has 0 spiro atoms. The number of thiophene rings is 1. The number of hydrogen-bond donors (Lipinski definition) is 1. The minimum atomic E-state index is -0.655. The maximum atomic E-state index is 11.7. The van der Waals surface area contributed by atoms with E-state index in [1.54, 1.807) is 13.0 Å². The van der Waals surface area contributed by atoms with Gasteiger partial charge < -0.3 is 10.1 Å². The lowest BCUT2D eigenvalue weighted by atomic mass is 10.3. The molecule has 7 heteroatoms. The second-order valence-corrected chi connectivity index (χ2v) is 6.18. The quantitative estimate of drug-likeness (QED) is 0.832. The lowest BCUT2D eigenvalue weighted by Crippen LogP contribution is -2.38. The Labute approximate surface area is 114 Å². The van der Waals surface area contributed by atoms with Gasteiger partial charge >= 0.3 is 5.97 Å². The van der Waals surface area contributed by atoms with Crippen LogP contribution in [0.5, 0.6) is 0 Å². The molecule has 0 aliphatic carbocycles. The molecule has 1 aromatic heterocycles. The van der Waals surface area contributed by atoms with Crippen molar-refractivity contribution in [3.63, 3.8) is 0 Å². The molecule has 0 aromatic carbocycles. The Bertz CT molecular complexity index is 399. The predicted octanol–water partition coefficient (Wildman–Crippen LogP) is 2.56. The van der Waals surface area contributed by atoms with E-state index in [4.69, 9.17) is 0 Å². The van der Waals surface area contributed by atoms with E-state index in [0.717, 1.165) is 8.26 Å². The minimum absolute atomic E-state index is 0.297. The number of esters is 1. The first-order valence-electron chi connectivity index (χ1n) is 4.29. The molecule has 0 radical (unpaired) electrons. The minimum Gasteiger partial charge on any atom is -0.467 e. The van der Waals surface area contributed by atoms with Crippen LogP contribution < -0.4 is 5.32 Å². The Kier molecular flexibility index (Phi) is 4.94. The summed E-state index contributed by atoms with van der Waals surface area (Å²) in [6.45, 7) is 1.57. The summed E-state index contributed by atoms with van der Waals surface area (Å²) in [4.78, 5) is 23.3. The molecule has 0 aliphatic heterocycles. The van der Waals surface area contributed by atoms with Crippen LogP contribution in [0.2, 0.25) is 0 Å². The molecule has 16 heavy (non-hydrogen) atoms. The van der Waals surface area contributed by atoms with Crippen molar-refractivity contribution in [2.24, 2.45) is 0 Å². The normalized spacial score (nSPS) is 12.0. The predicted molar refractivity (Wildman–Crippen MR) is 68.7 cm³/mol. The van der Waals surface area contributed by atoms with Crippen LogP contribution in [0.15, 0.2) is 14.3 Å². The standard InChI is InChI=1S/C9H9Br2NO3S/c1-4(9(14)15-2)12-8(13)6-3-5(10)7(11)16-6/h3-4H,1-2H3,(H,12,13)/t4-/m0/s1. The summed E-state index contributed by atoms with van der Waals surface area (Å²) in [5, 5.41) is 2.54. The van der Waals surface area contributed by atoms with Gasteiger partial charge in [0.1, 0.15) is 6.04 Å². The fourth-order valence-electron chi connectivity index (χ4n) is 0.962. The lowest BCUT2D eigenvalue weighted by molar-refractivity contribution is -0.142. The summed E-state index contributed by atoms with van der Waals surface area (Å²) in [7, 11) is 1.28. The maximum Gasteiger partial charge on any atom is 0.328 e. The molecule has 1 rings (SSSR count). The molecule has 0 saturated carbocycles. The van der Waals surface area contributed by atoms with Crippen LogP contribution >= 0.6 is 43.2 Å². The molecule has 1 atom stereocenters. The summed E-state index contributed by atoms with van der Waals surface area (Å²) in [5.74, 6) is -0.766. The van der Waals surface area contributed by atoms with Crippen LogP contribution in [0, 0.1) is 0 Å². The number of halogens is 2. The van der Waals surface area contributed by atoms with Crippen molar-refractivity contribution in [1.29, 1.82) is 0 Å². The molecule has 4 nitrogen and oxygen atoms in total. The molecular formula is C9H9Br2NO3S. The molecule has 1 aromatic rings.